The Labute approximate surface area is 103 Å². The topological polar surface area (TPSA) is 108 Å². The normalized spacial score (nSPS) is 32.3. The van der Waals surface area contributed by atoms with Crippen LogP contribution in [0, 0.1) is 5.41 Å². The van der Waals surface area contributed by atoms with E-state index in [4.69, 9.17) is 5.73 Å². The molecule has 0 unspecified atom stereocenters. The van der Waals surface area contributed by atoms with Crippen LogP contribution in [-0.2, 0) is 0 Å². The number of nitrogens with two attached hydrogens (primary N) is 1. The largest absolute Gasteiger partial charge is 0.390 e. The second-order valence-electron chi connectivity index (χ2n) is 5.60. The molecule has 96 valence electrons. The fourth-order valence-corrected chi connectivity index (χ4v) is 3.23. The fraction of sp³-hybridized carbons (Fsp3) is 0.500. The molecule has 1 aromatic heterocycles. The van der Waals surface area contributed by atoms with Gasteiger partial charge in [0.2, 0.25) is 5.56 Å². The van der Waals surface area contributed by atoms with Gasteiger partial charge in [0.1, 0.15) is 0 Å². The molecule has 0 aromatic carbocycles. The second-order valence-corrected chi connectivity index (χ2v) is 5.60. The van der Waals surface area contributed by atoms with Crippen LogP contribution in [0.25, 0.3) is 0 Å². The highest BCUT2D eigenvalue weighted by Crippen LogP contribution is 2.66. The van der Waals surface area contributed by atoms with Gasteiger partial charge in [-0.1, -0.05) is 0 Å². The molecule has 18 heavy (non-hydrogen) atoms. The number of primary amides is 1. The van der Waals surface area contributed by atoms with Crippen molar-refractivity contribution in [3.63, 3.8) is 0 Å². The summed E-state index contributed by atoms with van der Waals surface area (Å²) in [6.45, 7) is 0.652. The van der Waals surface area contributed by atoms with Gasteiger partial charge in [-0.2, -0.15) is 0 Å². The molecule has 1 aromatic rings. The van der Waals surface area contributed by atoms with E-state index in [0.717, 1.165) is 19.3 Å². The van der Waals surface area contributed by atoms with E-state index in [2.05, 4.69) is 10.3 Å². The first-order valence-electron chi connectivity index (χ1n) is 5.90. The van der Waals surface area contributed by atoms with Crippen LogP contribution in [0.4, 0.5) is 5.69 Å². The van der Waals surface area contributed by atoms with Crippen LogP contribution < -0.4 is 16.6 Å². The Morgan fingerprint density at radius 1 is 1.50 bits per heavy atom. The predicted octanol–water partition coefficient (Wildman–Crippen LogP) is -0.199. The molecule has 1 heterocycles. The summed E-state index contributed by atoms with van der Waals surface area (Å²) in [5.41, 5.74) is 5.39. The molecular formula is C12H15N3O3. The maximum absolute atomic E-state index is 11.2. The van der Waals surface area contributed by atoms with Gasteiger partial charge < -0.3 is 21.1 Å². The average molecular weight is 249 g/mol. The number of nitrogens with one attached hydrogen (secondary N) is 2. The quantitative estimate of drug-likeness (QED) is 0.592. The Morgan fingerprint density at radius 3 is 2.72 bits per heavy atom. The molecule has 0 radical (unpaired) electrons. The number of carbonyl (C=O) groups is 1. The summed E-state index contributed by atoms with van der Waals surface area (Å²) < 4.78 is 0. The van der Waals surface area contributed by atoms with Crippen LogP contribution in [0.3, 0.4) is 0 Å². The standard InChI is InChI=1S/C12H15N3O3/c13-10(17)7-2-14-9(16)1-8(7)15-6-11-3-12(18,4-11)5-11/h1-2,18H,3-6H2,(H2,13,17)(H2,14,15,16). The highest BCUT2D eigenvalue weighted by molar-refractivity contribution is 5.98. The van der Waals surface area contributed by atoms with E-state index in [1.54, 1.807) is 0 Å². The number of aromatic amines is 1. The van der Waals surface area contributed by atoms with Crippen molar-refractivity contribution < 1.29 is 9.90 Å². The van der Waals surface area contributed by atoms with Crippen LogP contribution in [-0.4, -0.2) is 28.1 Å². The van der Waals surface area contributed by atoms with Crippen LogP contribution in [0.15, 0.2) is 17.1 Å². The van der Waals surface area contributed by atoms with E-state index in [9.17, 15) is 14.7 Å². The molecule has 2 bridgehead atoms. The molecule has 0 aliphatic heterocycles. The minimum Gasteiger partial charge on any atom is -0.390 e. The third-order valence-electron chi connectivity index (χ3n) is 3.96. The maximum Gasteiger partial charge on any atom is 0.252 e. The fourth-order valence-electron chi connectivity index (χ4n) is 3.23. The van der Waals surface area contributed by atoms with Crippen molar-refractivity contribution >= 4 is 11.6 Å². The molecule has 3 fully saturated rings. The molecule has 3 aliphatic carbocycles. The Hall–Kier alpha value is -1.82. The molecule has 5 N–H and O–H groups in total. The lowest BCUT2D eigenvalue weighted by atomic mass is 9.41. The van der Waals surface area contributed by atoms with E-state index in [0.29, 0.717) is 12.2 Å². The number of hydrogen-bond donors (Lipinski definition) is 4. The van der Waals surface area contributed by atoms with Gasteiger partial charge in [0, 0.05) is 18.8 Å². The minimum atomic E-state index is -0.579. The van der Waals surface area contributed by atoms with Gasteiger partial charge >= 0.3 is 0 Å². The monoisotopic (exact) mass is 249 g/mol. The second kappa shape index (κ2) is 3.35. The van der Waals surface area contributed by atoms with Gasteiger partial charge in [-0.25, -0.2) is 0 Å². The molecule has 0 spiro atoms. The number of pyridine rings is 1. The number of aromatic nitrogens is 1. The van der Waals surface area contributed by atoms with E-state index >= 15 is 0 Å². The Morgan fingerprint density at radius 2 is 2.17 bits per heavy atom. The average Bonchev–Trinajstić information content (AvgIpc) is 2.21. The minimum absolute atomic E-state index is 0.131. The van der Waals surface area contributed by atoms with Crippen molar-refractivity contribution in [2.75, 3.05) is 11.9 Å². The van der Waals surface area contributed by atoms with Gasteiger partial charge in [-0.3, -0.25) is 9.59 Å². The van der Waals surface area contributed by atoms with Crippen molar-refractivity contribution in [3.05, 3.63) is 28.2 Å². The predicted molar refractivity (Wildman–Crippen MR) is 65.3 cm³/mol. The van der Waals surface area contributed by atoms with E-state index in [1.807, 2.05) is 0 Å². The van der Waals surface area contributed by atoms with Crippen molar-refractivity contribution in [2.45, 2.75) is 24.9 Å². The van der Waals surface area contributed by atoms with Gasteiger partial charge in [0.05, 0.1) is 16.9 Å². The summed E-state index contributed by atoms with van der Waals surface area (Å²) in [6, 6.07) is 1.33. The number of aliphatic hydroxyl groups is 1. The number of H-pyrrole nitrogens is 1. The van der Waals surface area contributed by atoms with Gasteiger partial charge in [0.25, 0.3) is 5.91 Å². The first-order valence-corrected chi connectivity index (χ1v) is 5.90. The molecule has 6 nitrogen and oxygen atoms in total. The first kappa shape index (κ1) is 11.3. The summed E-state index contributed by atoms with van der Waals surface area (Å²) in [7, 11) is 0. The molecule has 0 atom stereocenters. The number of amides is 1. The third kappa shape index (κ3) is 1.60. The van der Waals surface area contributed by atoms with Crippen molar-refractivity contribution in [2.24, 2.45) is 11.1 Å². The molecule has 1 amide bonds. The zero-order valence-electron chi connectivity index (χ0n) is 9.82. The summed E-state index contributed by atoms with van der Waals surface area (Å²) in [5, 5.41) is 12.8. The molecule has 6 heteroatoms. The van der Waals surface area contributed by atoms with Crippen LogP contribution in [0.1, 0.15) is 29.6 Å². The lowest BCUT2D eigenvalue weighted by molar-refractivity contribution is -0.252. The Balaban J connectivity index is 1.74. The van der Waals surface area contributed by atoms with Crippen molar-refractivity contribution in [1.82, 2.24) is 4.98 Å². The summed E-state index contributed by atoms with van der Waals surface area (Å²) in [5.74, 6) is -0.579. The Bertz CT molecular complexity index is 558. The SMILES string of the molecule is NC(=O)c1c[nH]c(=O)cc1NCC12CC(O)(C1)C2. The zero-order chi connectivity index (χ0) is 13.0. The zero-order valence-corrected chi connectivity index (χ0v) is 9.82. The van der Waals surface area contributed by atoms with E-state index < -0.39 is 11.5 Å². The molecular weight excluding hydrogens is 234 g/mol. The lowest BCUT2D eigenvalue weighted by Crippen LogP contribution is -2.69. The van der Waals surface area contributed by atoms with E-state index in [-0.39, 0.29) is 16.5 Å². The molecule has 3 aliphatic rings. The van der Waals surface area contributed by atoms with Gasteiger partial charge in [-0.05, 0) is 24.7 Å². The van der Waals surface area contributed by atoms with Crippen LogP contribution in [0.5, 0.6) is 0 Å². The molecule has 3 saturated carbocycles. The first-order chi connectivity index (χ1) is 8.41. The number of hydrogen-bond acceptors (Lipinski definition) is 4. The highest BCUT2D eigenvalue weighted by atomic mass is 16.3. The number of rotatable bonds is 4. The van der Waals surface area contributed by atoms with Crippen molar-refractivity contribution in [1.29, 1.82) is 0 Å². The van der Waals surface area contributed by atoms with Crippen LogP contribution >= 0.6 is 0 Å². The lowest BCUT2D eigenvalue weighted by Gasteiger charge is -2.67. The maximum atomic E-state index is 11.2. The van der Waals surface area contributed by atoms with Gasteiger partial charge in [-0.15, -0.1) is 0 Å². The molecule has 0 saturated heterocycles. The summed E-state index contributed by atoms with van der Waals surface area (Å²) in [4.78, 5) is 24.9. The van der Waals surface area contributed by atoms with E-state index in [1.165, 1.54) is 12.3 Å². The van der Waals surface area contributed by atoms with Crippen molar-refractivity contribution in [3.8, 4) is 0 Å². The third-order valence-corrected chi connectivity index (χ3v) is 3.96. The highest BCUT2D eigenvalue weighted by Gasteiger charge is 2.66. The van der Waals surface area contributed by atoms with Crippen LogP contribution in [0.2, 0.25) is 0 Å². The molecule has 4 rings (SSSR count). The van der Waals surface area contributed by atoms with Gasteiger partial charge in [0.15, 0.2) is 0 Å². The smallest absolute Gasteiger partial charge is 0.252 e. The summed E-state index contributed by atoms with van der Waals surface area (Å²) >= 11 is 0. The Kier molecular flexibility index (Phi) is 2.10. The number of anilines is 1. The summed E-state index contributed by atoms with van der Waals surface area (Å²) in [6.07, 6.45) is 3.70. The number of carbonyl (C=O) groups excluding carboxylic acids is 1.